The van der Waals surface area contributed by atoms with Crippen molar-refractivity contribution in [3.63, 3.8) is 0 Å². The minimum Gasteiger partial charge on any atom is -0.772 e. The van der Waals surface area contributed by atoms with Gasteiger partial charge in [-0.05, 0) is 11.6 Å². The Hall–Kier alpha value is -2.04. The normalized spacial score (nSPS) is 16.0. The van der Waals surface area contributed by atoms with E-state index in [2.05, 4.69) is 4.74 Å². The van der Waals surface area contributed by atoms with Crippen LogP contribution in [-0.4, -0.2) is 53.1 Å². The van der Waals surface area contributed by atoms with Crippen LogP contribution in [0.4, 0.5) is 11.4 Å². The summed E-state index contributed by atoms with van der Waals surface area (Å²) in [7, 11) is 1.13. The third-order valence-electron chi connectivity index (χ3n) is 3.43. The SMILES string of the molecule is COC(=O)c1cc([N+](=O)[O-])c(N2CCOCC2)cc1CS(=O)[O-]. The average Bonchev–Trinajstić information content (AvgIpc) is 2.53. The van der Waals surface area contributed by atoms with E-state index in [1.54, 1.807) is 4.90 Å². The lowest BCUT2D eigenvalue weighted by atomic mass is 10.1. The number of hydrogen-bond acceptors (Lipinski definition) is 8. The van der Waals surface area contributed by atoms with E-state index in [1.807, 2.05) is 0 Å². The third kappa shape index (κ3) is 4.03. The van der Waals surface area contributed by atoms with Crippen LogP contribution in [0.3, 0.4) is 0 Å². The highest BCUT2D eigenvalue weighted by atomic mass is 32.2. The second kappa shape index (κ2) is 7.49. The molecule has 1 saturated heterocycles. The van der Waals surface area contributed by atoms with Gasteiger partial charge in [-0.15, -0.1) is 0 Å². The summed E-state index contributed by atoms with van der Waals surface area (Å²) in [5.74, 6) is -1.25. The molecule has 1 atom stereocenters. The van der Waals surface area contributed by atoms with Crippen molar-refractivity contribution in [3.05, 3.63) is 33.4 Å². The summed E-state index contributed by atoms with van der Waals surface area (Å²) >= 11 is -2.45. The van der Waals surface area contributed by atoms with Crippen LogP contribution in [0.25, 0.3) is 0 Å². The quantitative estimate of drug-likeness (QED) is 0.329. The molecular formula is C13H15N2O7S-. The molecule has 0 radical (unpaired) electrons. The van der Waals surface area contributed by atoms with Crippen molar-refractivity contribution in [2.75, 3.05) is 38.3 Å². The van der Waals surface area contributed by atoms with Gasteiger partial charge in [0.05, 0.1) is 30.8 Å². The number of carbonyl (C=O) groups is 1. The molecule has 2 rings (SSSR count). The van der Waals surface area contributed by atoms with Gasteiger partial charge in [-0.3, -0.25) is 14.3 Å². The Labute approximate surface area is 134 Å². The number of nitro benzene ring substituents is 1. The monoisotopic (exact) mass is 343 g/mol. The number of anilines is 1. The maximum atomic E-state index is 11.8. The van der Waals surface area contributed by atoms with Crippen LogP contribution in [0.1, 0.15) is 15.9 Å². The zero-order valence-corrected chi connectivity index (χ0v) is 13.2. The molecule has 0 amide bonds. The Kier molecular flexibility index (Phi) is 5.64. The first-order chi connectivity index (χ1) is 10.9. The van der Waals surface area contributed by atoms with Crippen molar-refractivity contribution in [1.29, 1.82) is 0 Å². The van der Waals surface area contributed by atoms with E-state index in [4.69, 9.17) is 4.74 Å². The Morgan fingerprint density at radius 1 is 1.43 bits per heavy atom. The molecule has 1 aliphatic heterocycles. The molecule has 23 heavy (non-hydrogen) atoms. The number of esters is 1. The van der Waals surface area contributed by atoms with Crippen LogP contribution in [0.2, 0.25) is 0 Å². The van der Waals surface area contributed by atoms with Crippen LogP contribution >= 0.6 is 0 Å². The topological polar surface area (TPSA) is 122 Å². The number of nitro groups is 1. The van der Waals surface area contributed by atoms with Gasteiger partial charge < -0.3 is 18.9 Å². The van der Waals surface area contributed by atoms with Crippen LogP contribution < -0.4 is 4.90 Å². The molecule has 0 spiro atoms. The second-order valence-electron chi connectivity index (χ2n) is 4.79. The lowest BCUT2D eigenvalue weighted by Crippen LogP contribution is -2.36. The van der Waals surface area contributed by atoms with E-state index >= 15 is 0 Å². The molecule has 1 aliphatic rings. The van der Waals surface area contributed by atoms with Crippen molar-refractivity contribution in [2.45, 2.75) is 5.75 Å². The van der Waals surface area contributed by atoms with Crippen LogP contribution in [0, 0.1) is 10.1 Å². The van der Waals surface area contributed by atoms with Gasteiger partial charge in [-0.2, -0.15) is 0 Å². The first-order valence-corrected chi connectivity index (χ1v) is 7.96. The minimum atomic E-state index is -2.45. The molecule has 1 aromatic rings. The van der Waals surface area contributed by atoms with E-state index in [-0.39, 0.29) is 22.5 Å². The first kappa shape index (κ1) is 17.3. The third-order valence-corrected chi connectivity index (χ3v) is 3.97. The molecule has 1 unspecified atom stereocenters. The Morgan fingerprint density at radius 2 is 2.09 bits per heavy atom. The maximum Gasteiger partial charge on any atom is 0.338 e. The summed E-state index contributed by atoms with van der Waals surface area (Å²) in [5.41, 5.74) is 0.0387. The van der Waals surface area contributed by atoms with Gasteiger partial charge >= 0.3 is 5.97 Å². The molecule has 0 N–H and O–H groups in total. The number of nitrogens with zero attached hydrogens (tertiary/aromatic N) is 2. The molecule has 9 nitrogen and oxygen atoms in total. The Bertz CT molecular complexity index is 643. The summed E-state index contributed by atoms with van der Waals surface area (Å²) in [6.45, 7) is 1.72. The standard InChI is InChI=1S/C13H16N2O7S/c1-21-13(16)10-7-12(15(17)18)11(6-9(10)8-23(19)20)14-2-4-22-5-3-14/h6-7H,2-5,8H2,1H3,(H,19,20)/p-1. The summed E-state index contributed by atoms with van der Waals surface area (Å²) in [6, 6.07) is 2.43. The lowest BCUT2D eigenvalue weighted by Gasteiger charge is -2.29. The number of benzene rings is 1. The van der Waals surface area contributed by atoms with Crippen molar-refractivity contribution in [2.24, 2.45) is 0 Å². The average molecular weight is 343 g/mol. The summed E-state index contributed by atoms with van der Waals surface area (Å²) < 4.78 is 31.8. The molecule has 0 aromatic heterocycles. The van der Waals surface area contributed by atoms with Crippen molar-refractivity contribution in [1.82, 2.24) is 0 Å². The maximum absolute atomic E-state index is 11.8. The number of methoxy groups -OCH3 is 1. The van der Waals surface area contributed by atoms with Crippen LogP contribution in [0.5, 0.6) is 0 Å². The first-order valence-electron chi connectivity index (χ1n) is 6.72. The van der Waals surface area contributed by atoms with Gasteiger partial charge in [0.15, 0.2) is 0 Å². The fraction of sp³-hybridized carbons (Fsp3) is 0.462. The molecule has 1 aromatic carbocycles. The summed E-state index contributed by atoms with van der Waals surface area (Å²) in [4.78, 5) is 24.3. The van der Waals surface area contributed by atoms with Crippen LogP contribution in [-0.2, 0) is 26.3 Å². The highest BCUT2D eigenvalue weighted by Crippen LogP contribution is 2.33. The molecule has 0 saturated carbocycles. The van der Waals surface area contributed by atoms with E-state index in [1.165, 1.54) is 6.07 Å². The highest BCUT2D eigenvalue weighted by Gasteiger charge is 2.26. The molecule has 1 heterocycles. The van der Waals surface area contributed by atoms with Gasteiger partial charge in [0.1, 0.15) is 5.69 Å². The molecule has 10 heteroatoms. The van der Waals surface area contributed by atoms with Crippen molar-refractivity contribution in [3.8, 4) is 0 Å². The zero-order chi connectivity index (χ0) is 17.0. The van der Waals surface area contributed by atoms with E-state index in [0.717, 1.165) is 13.2 Å². The van der Waals surface area contributed by atoms with Gasteiger partial charge in [0, 0.05) is 24.9 Å². The summed E-state index contributed by atoms with van der Waals surface area (Å²) in [6.07, 6.45) is 0. The van der Waals surface area contributed by atoms with Crippen molar-refractivity contribution < 1.29 is 28.0 Å². The number of hydrogen-bond donors (Lipinski definition) is 0. The second-order valence-corrected chi connectivity index (χ2v) is 5.69. The van der Waals surface area contributed by atoms with E-state index in [9.17, 15) is 23.7 Å². The minimum absolute atomic E-state index is 0.125. The molecule has 1 fully saturated rings. The number of carbonyl (C=O) groups excluding carboxylic acids is 1. The van der Waals surface area contributed by atoms with Gasteiger partial charge in [-0.25, -0.2) is 4.79 Å². The number of ether oxygens (including phenoxy) is 2. The van der Waals surface area contributed by atoms with Gasteiger partial charge in [0.25, 0.3) is 5.69 Å². The molecule has 126 valence electrons. The fourth-order valence-corrected chi connectivity index (χ4v) is 2.86. The smallest absolute Gasteiger partial charge is 0.338 e. The zero-order valence-electron chi connectivity index (χ0n) is 12.4. The highest BCUT2D eigenvalue weighted by molar-refractivity contribution is 7.78. The van der Waals surface area contributed by atoms with E-state index < -0.39 is 27.7 Å². The number of rotatable bonds is 5. The van der Waals surface area contributed by atoms with Crippen molar-refractivity contribution >= 4 is 28.4 Å². The largest absolute Gasteiger partial charge is 0.772 e. The van der Waals surface area contributed by atoms with Crippen LogP contribution in [0.15, 0.2) is 12.1 Å². The van der Waals surface area contributed by atoms with Gasteiger partial charge in [-0.1, -0.05) is 11.1 Å². The molecule has 0 bridgehead atoms. The summed E-state index contributed by atoms with van der Waals surface area (Å²) in [5, 5.41) is 11.3. The molecular weight excluding hydrogens is 328 g/mol. The Morgan fingerprint density at radius 3 is 2.61 bits per heavy atom. The lowest BCUT2D eigenvalue weighted by molar-refractivity contribution is -0.384. The predicted octanol–water partition coefficient (Wildman–Crippen LogP) is 0.597. The van der Waals surface area contributed by atoms with Gasteiger partial charge in [0.2, 0.25) is 0 Å². The molecule has 0 aliphatic carbocycles. The van der Waals surface area contributed by atoms with E-state index in [0.29, 0.717) is 26.3 Å². The fourth-order valence-electron chi connectivity index (χ4n) is 2.37. The number of morpholine rings is 1. The predicted molar refractivity (Wildman–Crippen MR) is 80.1 cm³/mol. The Balaban J connectivity index is 2.57.